The number of hydrogen-bond donors (Lipinski definition) is 1. The molecular formula is C21H26N4O4. The van der Waals surface area contributed by atoms with E-state index < -0.39 is 6.04 Å². The number of carbonyl (C=O) groups is 3. The molecule has 0 aliphatic carbocycles. The maximum atomic E-state index is 12.8. The number of amides is 3. The van der Waals surface area contributed by atoms with E-state index in [4.69, 9.17) is 4.52 Å². The van der Waals surface area contributed by atoms with Crippen LogP contribution in [-0.4, -0.2) is 36.0 Å². The van der Waals surface area contributed by atoms with Crippen LogP contribution in [0.1, 0.15) is 46.3 Å². The highest BCUT2D eigenvalue weighted by Crippen LogP contribution is 2.30. The van der Waals surface area contributed by atoms with Crippen LogP contribution in [0.15, 0.2) is 34.9 Å². The van der Waals surface area contributed by atoms with Crippen LogP contribution in [0, 0.1) is 0 Å². The quantitative estimate of drug-likeness (QED) is 0.854. The van der Waals surface area contributed by atoms with Gasteiger partial charge in [-0.25, -0.2) is 0 Å². The van der Waals surface area contributed by atoms with Crippen molar-refractivity contribution in [2.45, 2.75) is 52.0 Å². The van der Waals surface area contributed by atoms with Crippen molar-refractivity contribution in [3.63, 3.8) is 0 Å². The molecule has 3 amide bonds. The van der Waals surface area contributed by atoms with Gasteiger partial charge in [0, 0.05) is 43.2 Å². The minimum atomic E-state index is -0.631. The Hall–Kier alpha value is -3.16. The molecule has 0 spiro atoms. The van der Waals surface area contributed by atoms with Gasteiger partial charge in [-0.2, -0.15) is 0 Å². The fraction of sp³-hybridized carbons (Fsp3) is 0.429. The summed E-state index contributed by atoms with van der Waals surface area (Å²) in [5.41, 5.74) is 1.11. The number of anilines is 3. The Morgan fingerprint density at radius 3 is 2.45 bits per heavy atom. The molecule has 3 rings (SSSR count). The Labute approximate surface area is 169 Å². The molecular weight excluding hydrogens is 372 g/mol. The summed E-state index contributed by atoms with van der Waals surface area (Å²) in [6.45, 7) is 7.45. The summed E-state index contributed by atoms with van der Waals surface area (Å²) in [7, 11) is 1.68. The first kappa shape index (κ1) is 20.6. The Bertz CT molecular complexity index is 927. The second-order valence-corrected chi connectivity index (χ2v) is 8.23. The summed E-state index contributed by atoms with van der Waals surface area (Å²) in [6.07, 6.45) is 0.711. The van der Waals surface area contributed by atoms with Gasteiger partial charge in [-0.3, -0.25) is 19.3 Å². The fourth-order valence-electron chi connectivity index (χ4n) is 3.17. The molecule has 2 aromatic rings. The molecule has 1 aliphatic rings. The monoisotopic (exact) mass is 398 g/mol. The highest BCUT2D eigenvalue weighted by atomic mass is 16.5. The van der Waals surface area contributed by atoms with Crippen molar-refractivity contribution >= 4 is 34.9 Å². The van der Waals surface area contributed by atoms with Crippen LogP contribution in [0.4, 0.5) is 17.2 Å². The highest BCUT2D eigenvalue weighted by Gasteiger charge is 2.37. The number of nitrogens with one attached hydrogen (secondary N) is 1. The van der Waals surface area contributed by atoms with E-state index in [-0.39, 0.29) is 23.1 Å². The van der Waals surface area contributed by atoms with E-state index in [9.17, 15) is 14.4 Å². The van der Waals surface area contributed by atoms with Crippen molar-refractivity contribution < 1.29 is 18.9 Å². The first-order valence-corrected chi connectivity index (χ1v) is 9.52. The van der Waals surface area contributed by atoms with E-state index >= 15 is 0 Å². The molecule has 8 nitrogen and oxygen atoms in total. The molecule has 1 N–H and O–H groups in total. The summed E-state index contributed by atoms with van der Waals surface area (Å²) in [5.74, 6) is 0.479. The molecule has 29 heavy (non-hydrogen) atoms. The van der Waals surface area contributed by atoms with Gasteiger partial charge in [-0.1, -0.05) is 25.9 Å². The molecule has 1 unspecified atom stereocenters. The average molecular weight is 398 g/mol. The third-order valence-corrected chi connectivity index (χ3v) is 5.00. The topological polar surface area (TPSA) is 95.8 Å². The van der Waals surface area contributed by atoms with Crippen molar-refractivity contribution in [1.29, 1.82) is 0 Å². The lowest BCUT2D eigenvalue weighted by Crippen LogP contribution is -2.41. The predicted molar refractivity (Wildman–Crippen MR) is 110 cm³/mol. The molecule has 1 atom stereocenters. The molecule has 1 aliphatic heterocycles. The molecule has 0 radical (unpaired) electrons. The summed E-state index contributed by atoms with van der Waals surface area (Å²) >= 11 is 0. The van der Waals surface area contributed by atoms with E-state index in [1.54, 1.807) is 37.4 Å². The average Bonchev–Trinajstić information content (AvgIpc) is 3.27. The van der Waals surface area contributed by atoms with Crippen LogP contribution < -0.4 is 15.1 Å². The van der Waals surface area contributed by atoms with E-state index in [0.717, 1.165) is 0 Å². The molecule has 1 aromatic carbocycles. The molecule has 0 saturated carbocycles. The zero-order valence-electron chi connectivity index (χ0n) is 17.4. The molecule has 154 valence electrons. The van der Waals surface area contributed by atoms with Gasteiger partial charge in [0.05, 0.1) is 0 Å². The van der Waals surface area contributed by atoms with E-state index in [2.05, 4.69) is 10.5 Å². The maximum Gasteiger partial charge on any atom is 0.248 e. The molecule has 2 heterocycles. The molecule has 8 heteroatoms. The summed E-state index contributed by atoms with van der Waals surface area (Å²) in [4.78, 5) is 39.8. The number of benzene rings is 1. The zero-order chi connectivity index (χ0) is 21.3. The van der Waals surface area contributed by atoms with E-state index in [1.807, 2.05) is 20.8 Å². The predicted octanol–water partition coefficient (Wildman–Crippen LogP) is 3.09. The van der Waals surface area contributed by atoms with Crippen molar-refractivity contribution in [1.82, 2.24) is 5.16 Å². The van der Waals surface area contributed by atoms with Crippen molar-refractivity contribution in [3.05, 3.63) is 36.1 Å². The smallest absolute Gasteiger partial charge is 0.248 e. The van der Waals surface area contributed by atoms with Gasteiger partial charge >= 0.3 is 0 Å². The molecule has 0 bridgehead atoms. The Morgan fingerprint density at radius 2 is 1.90 bits per heavy atom. The lowest BCUT2D eigenvalue weighted by atomic mass is 9.93. The van der Waals surface area contributed by atoms with E-state index in [1.165, 1.54) is 16.7 Å². The van der Waals surface area contributed by atoms with Gasteiger partial charge in [0.25, 0.3) is 0 Å². The number of aromatic nitrogens is 1. The molecule has 1 aromatic heterocycles. The second-order valence-electron chi connectivity index (χ2n) is 8.23. The van der Waals surface area contributed by atoms with Crippen molar-refractivity contribution in [3.8, 4) is 0 Å². The van der Waals surface area contributed by atoms with Gasteiger partial charge in [-0.15, -0.1) is 0 Å². The summed E-state index contributed by atoms with van der Waals surface area (Å²) in [6, 6.07) is 8.06. The van der Waals surface area contributed by atoms with Gasteiger partial charge in [-0.05, 0) is 30.7 Å². The number of hydrogen-bond acceptors (Lipinski definition) is 5. The normalized spacial score (nSPS) is 16.8. The van der Waals surface area contributed by atoms with Gasteiger partial charge in [0.1, 0.15) is 11.8 Å². The third kappa shape index (κ3) is 4.31. The lowest BCUT2D eigenvalue weighted by molar-refractivity contribution is -0.120. The third-order valence-electron chi connectivity index (χ3n) is 5.00. The van der Waals surface area contributed by atoms with Crippen molar-refractivity contribution in [2.24, 2.45) is 0 Å². The van der Waals surface area contributed by atoms with Gasteiger partial charge < -0.3 is 14.7 Å². The largest absolute Gasteiger partial charge is 0.359 e. The van der Waals surface area contributed by atoms with Gasteiger partial charge in [0.2, 0.25) is 17.7 Å². The standard InChI is InChI=1S/C21H26N4O4/c1-13(26)24(5)14-6-8-15(9-7-14)25-16(10-11-19(25)27)20(28)22-18-12-17(29-23-18)21(2,3)4/h6-9,12,16H,10-11H2,1-5H3,(H,22,23,28). The summed E-state index contributed by atoms with van der Waals surface area (Å²) < 4.78 is 5.30. The lowest BCUT2D eigenvalue weighted by Gasteiger charge is -2.24. The number of nitrogens with zero attached hydrogens (tertiary/aromatic N) is 3. The number of carbonyl (C=O) groups excluding carboxylic acids is 3. The van der Waals surface area contributed by atoms with Crippen LogP contribution in [0.2, 0.25) is 0 Å². The maximum absolute atomic E-state index is 12.8. The first-order chi connectivity index (χ1) is 13.6. The van der Waals surface area contributed by atoms with E-state index in [0.29, 0.717) is 35.8 Å². The molecule has 1 saturated heterocycles. The minimum absolute atomic E-state index is 0.0884. The molecule has 1 fully saturated rings. The summed E-state index contributed by atoms with van der Waals surface area (Å²) in [5, 5.41) is 6.66. The van der Waals surface area contributed by atoms with Crippen molar-refractivity contribution in [2.75, 3.05) is 22.2 Å². The second kappa shape index (κ2) is 7.69. The fourth-order valence-corrected chi connectivity index (χ4v) is 3.17. The minimum Gasteiger partial charge on any atom is -0.359 e. The van der Waals surface area contributed by atoms with Crippen LogP contribution in [0.5, 0.6) is 0 Å². The van der Waals surface area contributed by atoms with Crippen LogP contribution in [-0.2, 0) is 19.8 Å². The SMILES string of the molecule is CC(=O)N(C)c1ccc(N2C(=O)CCC2C(=O)Nc2cc(C(C)(C)C)on2)cc1. The Balaban J connectivity index is 1.77. The van der Waals surface area contributed by atoms with Crippen LogP contribution in [0.3, 0.4) is 0 Å². The number of rotatable bonds is 4. The van der Waals surface area contributed by atoms with Crippen LogP contribution in [0.25, 0.3) is 0 Å². The van der Waals surface area contributed by atoms with Gasteiger partial charge in [0.15, 0.2) is 5.82 Å². The highest BCUT2D eigenvalue weighted by molar-refractivity contribution is 6.07. The zero-order valence-corrected chi connectivity index (χ0v) is 17.4. The Kier molecular flexibility index (Phi) is 5.46. The Morgan fingerprint density at radius 1 is 1.24 bits per heavy atom. The van der Waals surface area contributed by atoms with Crippen LogP contribution >= 0.6 is 0 Å². The first-order valence-electron chi connectivity index (χ1n) is 9.52.